The van der Waals surface area contributed by atoms with Crippen LogP contribution in [0.25, 0.3) is 0 Å². The fourth-order valence-electron chi connectivity index (χ4n) is 1.74. The number of carbonyl (C=O) groups excluding carboxylic acids is 1. The van der Waals surface area contributed by atoms with E-state index < -0.39 is 12.6 Å². The largest absolute Gasteiger partial charge is 0.464 e. The smallest absolute Gasteiger partial charge is 0.358 e. The van der Waals surface area contributed by atoms with Gasteiger partial charge in [-0.25, -0.2) is 14.2 Å². The van der Waals surface area contributed by atoms with Crippen LogP contribution in [0.1, 0.15) is 22.0 Å². The van der Waals surface area contributed by atoms with Crippen molar-refractivity contribution in [2.45, 2.75) is 19.8 Å². The number of alkyl halides is 1. The Balaban J connectivity index is 2.46. The molecule has 0 radical (unpaired) electrons. The van der Waals surface area contributed by atoms with E-state index in [0.29, 0.717) is 24.6 Å². The second-order valence-electron chi connectivity index (χ2n) is 3.28. The standard InChI is InChI=1S/C9H12FN3O2/c1-15-9(14)8-6-5-11-2-3-13(6)7(4-10)12-8/h11H,2-5H2,1H3. The molecule has 2 heterocycles. The maximum Gasteiger partial charge on any atom is 0.358 e. The van der Waals surface area contributed by atoms with E-state index in [2.05, 4.69) is 15.0 Å². The summed E-state index contributed by atoms with van der Waals surface area (Å²) in [5, 5.41) is 3.11. The number of methoxy groups -OCH3 is 1. The van der Waals surface area contributed by atoms with Gasteiger partial charge in [0, 0.05) is 19.6 Å². The number of halogens is 1. The first-order valence-corrected chi connectivity index (χ1v) is 4.71. The summed E-state index contributed by atoms with van der Waals surface area (Å²) in [6.45, 7) is 1.26. The van der Waals surface area contributed by atoms with Crippen LogP contribution in [-0.2, 0) is 24.5 Å². The molecule has 0 aromatic carbocycles. The van der Waals surface area contributed by atoms with Crippen LogP contribution in [0.15, 0.2) is 0 Å². The van der Waals surface area contributed by atoms with E-state index in [4.69, 9.17) is 0 Å². The molecule has 15 heavy (non-hydrogen) atoms. The molecule has 1 aromatic rings. The maximum atomic E-state index is 12.6. The fourth-order valence-corrected chi connectivity index (χ4v) is 1.74. The molecular weight excluding hydrogens is 201 g/mol. The molecule has 82 valence electrons. The van der Waals surface area contributed by atoms with Crippen molar-refractivity contribution in [3.8, 4) is 0 Å². The first-order valence-electron chi connectivity index (χ1n) is 4.71. The van der Waals surface area contributed by atoms with Gasteiger partial charge in [-0.1, -0.05) is 0 Å². The molecule has 0 saturated carbocycles. The first kappa shape index (κ1) is 10.1. The van der Waals surface area contributed by atoms with Gasteiger partial charge in [0.25, 0.3) is 0 Å². The minimum atomic E-state index is -0.663. The van der Waals surface area contributed by atoms with Gasteiger partial charge in [-0.3, -0.25) is 0 Å². The number of carbonyl (C=O) groups is 1. The number of ether oxygens (including phenoxy) is 1. The number of hydrogen-bond donors (Lipinski definition) is 1. The lowest BCUT2D eigenvalue weighted by molar-refractivity contribution is 0.0592. The van der Waals surface area contributed by atoms with E-state index in [0.717, 1.165) is 6.54 Å². The Morgan fingerprint density at radius 3 is 3.20 bits per heavy atom. The van der Waals surface area contributed by atoms with Crippen molar-refractivity contribution in [1.29, 1.82) is 0 Å². The number of imidazole rings is 1. The van der Waals surface area contributed by atoms with E-state index in [1.807, 2.05) is 0 Å². The first-order chi connectivity index (χ1) is 7.27. The summed E-state index contributed by atoms with van der Waals surface area (Å²) >= 11 is 0. The van der Waals surface area contributed by atoms with Crippen LogP contribution in [-0.4, -0.2) is 29.2 Å². The van der Waals surface area contributed by atoms with Crippen molar-refractivity contribution in [3.63, 3.8) is 0 Å². The van der Waals surface area contributed by atoms with Crippen molar-refractivity contribution >= 4 is 5.97 Å². The molecule has 1 aliphatic heterocycles. The average molecular weight is 213 g/mol. The van der Waals surface area contributed by atoms with Crippen LogP contribution in [0.3, 0.4) is 0 Å². The van der Waals surface area contributed by atoms with Crippen molar-refractivity contribution in [3.05, 3.63) is 17.2 Å². The van der Waals surface area contributed by atoms with Crippen molar-refractivity contribution in [1.82, 2.24) is 14.9 Å². The number of fused-ring (bicyclic) bond motifs is 1. The summed E-state index contributed by atoms with van der Waals surface area (Å²) in [4.78, 5) is 15.3. The predicted molar refractivity (Wildman–Crippen MR) is 50.1 cm³/mol. The van der Waals surface area contributed by atoms with Gasteiger partial charge in [0.15, 0.2) is 5.69 Å². The third-order valence-corrected chi connectivity index (χ3v) is 2.45. The Bertz CT molecular complexity index is 389. The highest BCUT2D eigenvalue weighted by atomic mass is 19.1. The molecule has 5 nitrogen and oxygen atoms in total. The number of hydrogen-bond acceptors (Lipinski definition) is 4. The van der Waals surface area contributed by atoms with Gasteiger partial charge < -0.3 is 14.6 Å². The number of nitrogens with one attached hydrogen (secondary N) is 1. The molecule has 1 aromatic heterocycles. The van der Waals surface area contributed by atoms with Crippen molar-refractivity contribution in [2.24, 2.45) is 0 Å². The number of aromatic nitrogens is 2. The summed E-state index contributed by atoms with van der Waals surface area (Å²) in [7, 11) is 1.29. The highest BCUT2D eigenvalue weighted by Crippen LogP contribution is 2.16. The highest BCUT2D eigenvalue weighted by molar-refractivity contribution is 5.88. The predicted octanol–water partition coefficient (Wildman–Crippen LogP) is 0.242. The SMILES string of the molecule is COC(=O)c1nc(CF)n2c1CNCC2. The Hall–Kier alpha value is -1.43. The zero-order valence-electron chi connectivity index (χ0n) is 8.42. The number of esters is 1. The lowest BCUT2D eigenvalue weighted by Crippen LogP contribution is -2.29. The van der Waals surface area contributed by atoms with E-state index in [1.165, 1.54) is 7.11 Å². The van der Waals surface area contributed by atoms with Gasteiger partial charge in [-0.05, 0) is 0 Å². The van der Waals surface area contributed by atoms with Gasteiger partial charge in [0.1, 0.15) is 12.5 Å². The van der Waals surface area contributed by atoms with Crippen LogP contribution in [0.4, 0.5) is 4.39 Å². The van der Waals surface area contributed by atoms with Gasteiger partial charge in [0.05, 0.1) is 12.8 Å². The maximum absolute atomic E-state index is 12.6. The summed E-state index contributed by atoms with van der Waals surface area (Å²) in [5.74, 6) is -0.214. The molecule has 0 unspecified atom stereocenters. The minimum Gasteiger partial charge on any atom is -0.464 e. The van der Waals surface area contributed by atoms with Gasteiger partial charge >= 0.3 is 5.97 Å². The van der Waals surface area contributed by atoms with Gasteiger partial charge in [0.2, 0.25) is 0 Å². The van der Waals surface area contributed by atoms with E-state index >= 15 is 0 Å². The number of rotatable bonds is 2. The zero-order valence-corrected chi connectivity index (χ0v) is 8.42. The topological polar surface area (TPSA) is 56.1 Å². The van der Waals surface area contributed by atoms with E-state index in [1.54, 1.807) is 4.57 Å². The molecule has 0 amide bonds. The summed E-state index contributed by atoms with van der Waals surface area (Å²) in [6, 6.07) is 0. The molecule has 0 fully saturated rings. The summed E-state index contributed by atoms with van der Waals surface area (Å²) in [6.07, 6.45) is 0. The quantitative estimate of drug-likeness (QED) is 0.715. The number of nitrogens with zero attached hydrogens (tertiary/aromatic N) is 2. The highest BCUT2D eigenvalue weighted by Gasteiger charge is 2.24. The van der Waals surface area contributed by atoms with E-state index in [-0.39, 0.29) is 5.69 Å². The zero-order chi connectivity index (χ0) is 10.8. The minimum absolute atomic E-state index is 0.220. The van der Waals surface area contributed by atoms with E-state index in [9.17, 15) is 9.18 Å². The third-order valence-electron chi connectivity index (χ3n) is 2.45. The lowest BCUT2D eigenvalue weighted by Gasteiger charge is -2.17. The monoisotopic (exact) mass is 213 g/mol. The summed E-state index contributed by atoms with van der Waals surface area (Å²) in [5.41, 5.74) is 0.929. The molecule has 0 spiro atoms. The molecule has 6 heteroatoms. The van der Waals surface area contributed by atoms with Crippen LogP contribution < -0.4 is 5.32 Å². The second-order valence-corrected chi connectivity index (χ2v) is 3.28. The molecule has 0 aliphatic carbocycles. The Kier molecular flexibility index (Phi) is 2.68. The lowest BCUT2D eigenvalue weighted by atomic mass is 10.3. The summed E-state index contributed by atoms with van der Waals surface area (Å²) < 4.78 is 19.0. The molecule has 2 rings (SSSR count). The van der Waals surface area contributed by atoms with Crippen molar-refractivity contribution in [2.75, 3.05) is 13.7 Å². The normalized spacial score (nSPS) is 14.8. The molecule has 1 N–H and O–H groups in total. The van der Waals surface area contributed by atoms with Crippen LogP contribution in [0.5, 0.6) is 0 Å². The Morgan fingerprint density at radius 2 is 2.53 bits per heavy atom. The van der Waals surface area contributed by atoms with Crippen molar-refractivity contribution < 1.29 is 13.9 Å². The second kappa shape index (κ2) is 3.98. The molecule has 0 saturated heterocycles. The van der Waals surface area contributed by atoms with Gasteiger partial charge in [-0.15, -0.1) is 0 Å². The molecule has 0 bridgehead atoms. The average Bonchev–Trinajstić information content (AvgIpc) is 2.67. The molecular formula is C9H12FN3O2. The Morgan fingerprint density at radius 1 is 1.73 bits per heavy atom. The Labute approximate surface area is 86.2 Å². The van der Waals surface area contributed by atoms with Crippen LogP contribution >= 0.6 is 0 Å². The molecule has 1 aliphatic rings. The third kappa shape index (κ3) is 1.61. The fraction of sp³-hybridized carbons (Fsp3) is 0.556. The van der Waals surface area contributed by atoms with Crippen LogP contribution in [0.2, 0.25) is 0 Å². The molecule has 0 atom stereocenters. The van der Waals surface area contributed by atoms with Crippen LogP contribution in [0, 0.1) is 0 Å². The van der Waals surface area contributed by atoms with Gasteiger partial charge in [-0.2, -0.15) is 0 Å².